The molecule has 3 aromatic rings. The van der Waals surface area contributed by atoms with Crippen molar-refractivity contribution in [1.29, 1.82) is 0 Å². The summed E-state index contributed by atoms with van der Waals surface area (Å²) < 4.78 is 11.0. The van der Waals surface area contributed by atoms with Crippen LogP contribution in [0, 0.1) is 6.92 Å². The van der Waals surface area contributed by atoms with Crippen molar-refractivity contribution < 1.29 is 13.9 Å². The van der Waals surface area contributed by atoms with Crippen LogP contribution < -0.4 is 10.1 Å². The van der Waals surface area contributed by atoms with Gasteiger partial charge in [-0.2, -0.15) is 0 Å². The van der Waals surface area contributed by atoms with E-state index in [2.05, 4.69) is 15.5 Å². The van der Waals surface area contributed by atoms with Crippen LogP contribution in [0.15, 0.2) is 40.1 Å². The lowest BCUT2D eigenvalue weighted by atomic mass is 10.2. The van der Waals surface area contributed by atoms with Gasteiger partial charge in [-0.05, 0) is 48.6 Å². The van der Waals surface area contributed by atoms with Gasteiger partial charge in [-0.3, -0.25) is 4.79 Å². The Morgan fingerprint density at radius 3 is 2.96 bits per heavy atom. The van der Waals surface area contributed by atoms with Gasteiger partial charge in [0.25, 0.3) is 5.89 Å². The average Bonchev–Trinajstić information content (AvgIpc) is 3.22. The van der Waals surface area contributed by atoms with Gasteiger partial charge in [-0.25, -0.2) is 0 Å². The number of carbonyl (C=O) groups is 1. The quantitative estimate of drug-likeness (QED) is 0.701. The molecule has 0 saturated heterocycles. The van der Waals surface area contributed by atoms with Gasteiger partial charge >= 0.3 is 0 Å². The normalized spacial score (nSPS) is 10.6. The first-order valence-electron chi connectivity index (χ1n) is 8.01. The third-order valence-electron chi connectivity index (χ3n) is 3.53. The van der Waals surface area contributed by atoms with Crippen molar-refractivity contribution in [2.24, 2.45) is 0 Å². The predicted octanol–water partition coefficient (Wildman–Crippen LogP) is 3.36. The minimum Gasteiger partial charge on any atom is -0.494 e. The summed E-state index contributed by atoms with van der Waals surface area (Å²) in [5.74, 6) is 1.39. The highest BCUT2D eigenvalue weighted by molar-refractivity contribution is 7.13. The van der Waals surface area contributed by atoms with E-state index in [-0.39, 0.29) is 12.3 Å². The maximum Gasteiger partial charge on any atom is 0.258 e. The van der Waals surface area contributed by atoms with Crippen LogP contribution >= 0.6 is 11.3 Å². The monoisotopic (exact) mass is 357 g/mol. The molecule has 0 radical (unpaired) electrons. The molecule has 1 aromatic carbocycles. The van der Waals surface area contributed by atoms with Gasteiger partial charge in [0.05, 0.1) is 11.5 Å². The lowest BCUT2D eigenvalue weighted by Crippen LogP contribution is -2.24. The van der Waals surface area contributed by atoms with Crippen LogP contribution in [0.5, 0.6) is 5.75 Å². The highest BCUT2D eigenvalue weighted by Crippen LogP contribution is 2.27. The van der Waals surface area contributed by atoms with E-state index >= 15 is 0 Å². The molecule has 2 heterocycles. The molecule has 0 aliphatic heterocycles. The zero-order chi connectivity index (χ0) is 17.6. The Hall–Kier alpha value is -2.67. The average molecular weight is 357 g/mol. The molecule has 7 heteroatoms. The molecule has 3 rings (SSSR count). The first-order valence-corrected chi connectivity index (χ1v) is 8.89. The molecule has 0 saturated carbocycles. The fourth-order valence-electron chi connectivity index (χ4n) is 2.32. The Kier molecular flexibility index (Phi) is 5.45. The van der Waals surface area contributed by atoms with Crippen molar-refractivity contribution in [2.75, 3.05) is 6.61 Å². The van der Waals surface area contributed by atoms with Gasteiger partial charge in [-0.15, -0.1) is 21.5 Å². The second-order valence-electron chi connectivity index (χ2n) is 5.47. The summed E-state index contributed by atoms with van der Waals surface area (Å²) in [5, 5.41) is 12.8. The summed E-state index contributed by atoms with van der Waals surface area (Å²) in [6.07, 6.45) is 0.0581. The standard InChI is InChI=1S/C18H19N3O3S/c1-3-23-14-6-4-5-13(9-14)11-19-15(22)10-16-20-21-18(24-16)17-12(2)7-8-25-17/h4-9H,3,10-11H2,1-2H3,(H,19,22). The van der Waals surface area contributed by atoms with Crippen LogP contribution in [0.2, 0.25) is 0 Å². The Bertz CT molecular complexity index is 857. The smallest absolute Gasteiger partial charge is 0.258 e. The molecule has 0 spiro atoms. The number of aryl methyl sites for hydroxylation is 1. The van der Waals surface area contributed by atoms with Crippen molar-refractivity contribution in [3.8, 4) is 16.5 Å². The minimum atomic E-state index is -0.167. The zero-order valence-electron chi connectivity index (χ0n) is 14.1. The topological polar surface area (TPSA) is 77.2 Å². The highest BCUT2D eigenvalue weighted by atomic mass is 32.1. The number of hydrogen-bond donors (Lipinski definition) is 1. The second-order valence-corrected chi connectivity index (χ2v) is 6.38. The molecular formula is C18H19N3O3S. The van der Waals surface area contributed by atoms with Crippen LogP contribution in [0.3, 0.4) is 0 Å². The van der Waals surface area contributed by atoms with Crippen LogP contribution in [0.25, 0.3) is 10.8 Å². The molecule has 0 aliphatic carbocycles. The molecule has 0 atom stereocenters. The maximum absolute atomic E-state index is 12.1. The Balaban J connectivity index is 1.55. The van der Waals surface area contributed by atoms with Crippen molar-refractivity contribution in [3.63, 3.8) is 0 Å². The maximum atomic E-state index is 12.1. The lowest BCUT2D eigenvalue weighted by molar-refractivity contribution is -0.120. The molecule has 25 heavy (non-hydrogen) atoms. The van der Waals surface area contributed by atoms with Gasteiger partial charge in [0.15, 0.2) is 0 Å². The summed E-state index contributed by atoms with van der Waals surface area (Å²) >= 11 is 1.54. The van der Waals surface area contributed by atoms with E-state index in [0.29, 0.717) is 24.9 Å². The van der Waals surface area contributed by atoms with Crippen LogP contribution in [0.4, 0.5) is 0 Å². The van der Waals surface area contributed by atoms with Gasteiger partial charge in [0, 0.05) is 6.54 Å². The van der Waals surface area contributed by atoms with E-state index in [4.69, 9.17) is 9.15 Å². The number of benzene rings is 1. The van der Waals surface area contributed by atoms with Crippen molar-refractivity contribution in [2.45, 2.75) is 26.8 Å². The van der Waals surface area contributed by atoms with Crippen molar-refractivity contribution in [1.82, 2.24) is 15.5 Å². The number of nitrogens with zero attached hydrogens (tertiary/aromatic N) is 2. The highest BCUT2D eigenvalue weighted by Gasteiger charge is 2.14. The Morgan fingerprint density at radius 2 is 2.20 bits per heavy atom. The minimum absolute atomic E-state index is 0.0581. The third-order valence-corrected chi connectivity index (χ3v) is 4.54. The fourth-order valence-corrected chi connectivity index (χ4v) is 3.17. The van der Waals surface area contributed by atoms with E-state index in [1.165, 1.54) is 11.3 Å². The van der Waals surface area contributed by atoms with Crippen LogP contribution in [-0.4, -0.2) is 22.7 Å². The summed E-state index contributed by atoms with van der Waals surface area (Å²) in [4.78, 5) is 13.0. The van der Waals surface area contributed by atoms with E-state index < -0.39 is 0 Å². The molecule has 0 unspecified atom stereocenters. The van der Waals surface area contributed by atoms with E-state index in [1.54, 1.807) is 0 Å². The number of carbonyl (C=O) groups excluding carboxylic acids is 1. The van der Waals surface area contributed by atoms with Crippen LogP contribution in [-0.2, 0) is 17.8 Å². The van der Waals surface area contributed by atoms with Gasteiger partial charge in [0.2, 0.25) is 11.8 Å². The third kappa shape index (κ3) is 4.45. The number of ether oxygens (including phenoxy) is 1. The molecule has 130 valence electrons. The number of aromatic nitrogens is 2. The number of hydrogen-bond acceptors (Lipinski definition) is 6. The second kappa shape index (κ2) is 7.94. The van der Waals surface area contributed by atoms with Crippen molar-refractivity contribution in [3.05, 3.63) is 52.7 Å². The van der Waals surface area contributed by atoms with Gasteiger partial charge < -0.3 is 14.5 Å². The number of nitrogens with one attached hydrogen (secondary N) is 1. The summed E-state index contributed by atoms with van der Waals surface area (Å²) in [7, 11) is 0. The summed E-state index contributed by atoms with van der Waals surface area (Å²) in [5.41, 5.74) is 2.05. The zero-order valence-corrected chi connectivity index (χ0v) is 14.9. The molecule has 1 amide bonds. The van der Waals surface area contributed by atoms with E-state index in [1.807, 2.05) is 49.6 Å². The number of thiophene rings is 1. The predicted molar refractivity (Wildman–Crippen MR) is 95.5 cm³/mol. The van der Waals surface area contributed by atoms with Gasteiger partial charge in [0.1, 0.15) is 12.2 Å². The lowest BCUT2D eigenvalue weighted by Gasteiger charge is -2.07. The molecule has 0 bridgehead atoms. The first-order chi connectivity index (χ1) is 12.2. The Labute approximate surface area is 149 Å². The molecule has 2 aromatic heterocycles. The van der Waals surface area contributed by atoms with E-state index in [0.717, 1.165) is 21.8 Å². The van der Waals surface area contributed by atoms with Gasteiger partial charge in [-0.1, -0.05) is 12.1 Å². The molecule has 1 N–H and O–H groups in total. The SMILES string of the molecule is CCOc1cccc(CNC(=O)Cc2nnc(-c3sccc3C)o2)c1. The first kappa shape index (κ1) is 17.2. The molecule has 0 fully saturated rings. The van der Waals surface area contributed by atoms with Crippen LogP contribution in [0.1, 0.15) is 23.9 Å². The van der Waals surface area contributed by atoms with Crippen molar-refractivity contribution >= 4 is 17.2 Å². The summed E-state index contributed by atoms with van der Waals surface area (Å²) in [6, 6.07) is 9.63. The Morgan fingerprint density at radius 1 is 1.32 bits per heavy atom. The molecule has 6 nitrogen and oxygen atoms in total. The largest absolute Gasteiger partial charge is 0.494 e. The van der Waals surface area contributed by atoms with E-state index in [9.17, 15) is 4.79 Å². The molecule has 0 aliphatic rings. The summed E-state index contributed by atoms with van der Waals surface area (Å²) in [6.45, 7) is 4.95. The number of amides is 1. The number of rotatable bonds is 7. The fraction of sp³-hybridized carbons (Fsp3) is 0.278. The molecular weight excluding hydrogens is 338 g/mol.